The fourth-order valence-corrected chi connectivity index (χ4v) is 0.768. The lowest BCUT2D eigenvalue weighted by Crippen LogP contribution is -2.50. The normalized spacial score (nSPS) is 15.0. The second-order valence-corrected chi connectivity index (χ2v) is 2.96. The van der Waals surface area contributed by atoms with Crippen LogP contribution in [-0.2, 0) is 0 Å². The minimum Gasteiger partial charge on any atom is -0.353 e. The molecule has 0 aromatic heterocycles. The lowest BCUT2D eigenvalue weighted by atomic mass is 10.1. The van der Waals surface area contributed by atoms with E-state index in [0.29, 0.717) is 6.54 Å². The van der Waals surface area contributed by atoms with Crippen LogP contribution in [0.25, 0.3) is 0 Å². The highest BCUT2D eigenvalue weighted by atomic mass is 16.5. The van der Waals surface area contributed by atoms with Crippen molar-refractivity contribution < 1.29 is 10.2 Å². The Balaban J connectivity index is 3.77. The van der Waals surface area contributed by atoms with Gasteiger partial charge in [0, 0.05) is 5.92 Å². The maximum Gasteiger partial charge on any atom is 0.225 e. The Hall–Kier alpha value is -0.120. The van der Waals surface area contributed by atoms with E-state index in [1.807, 2.05) is 20.8 Å². The van der Waals surface area contributed by atoms with Crippen molar-refractivity contribution in [2.45, 2.75) is 39.5 Å². The van der Waals surface area contributed by atoms with Crippen molar-refractivity contribution in [3.05, 3.63) is 0 Å². The van der Waals surface area contributed by atoms with Crippen molar-refractivity contribution in [2.24, 2.45) is 5.92 Å². The summed E-state index contributed by atoms with van der Waals surface area (Å²) in [5.41, 5.74) is 0. The average molecular weight is 161 g/mol. The first-order chi connectivity index (χ1) is 5.04. The summed E-state index contributed by atoms with van der Waals surface area (Å²) in [6, 6.07) is 0. The van der Waals surface area contributed by atoms with Crippen molar-refractivity contribution in [1.82, 2.24) is 5.32 Å². The molecule has 11 heavy (non-hydrogen) atoms. The van der Waals surface area contributed by atoms with E-state index in [1.54, 1.807) is 0 Å². The third-order valence-corrected chi connectivity index (χ3v) is 1.93. The highest BCUT2D eigenvalue weighted by Gasteiger charge is 2.28. The van der Waals surface area contributed by atoms with E-state index in [4.69, 9.17) is 0 Å². The van der Waals surface area contributed by atoms with E-state index in [0.717, 1.165) is 12.8 Å². The molecule has 0 aromatic rings. The minimum atomic E-state index is -1.69. The summed E-state index contributed by atoms with van der Waals surface area (Å²) in [5.74, 6) is -1.82. The molecular formula is C8H19NO2. The first-order valence-electron chi connectivity index (χ1n) is 4.24. The third-order valence-electron chi connectivity index (χ3n) is 1.93. The largest absolute Gasteiger partial charge is 0.353 e. The van der Waals surface area contributed by atoms with Gasteiger partial charge in [0.15, 0.2) is 0 Å². The van der Waals surface area contributed by atoms with Crippen LogP contribution >= 0.6 is 0 Å². The monoisotopic (exact) mass is 161 g/mol. The quantitative estimate of drug-likeness (QED) is 0.519. The van der Waals surface area contributed by atoms with Gasteiger partial charge in [0.1, 0.15) is 0 Å². The van der Waals surface area contributed by atoms with Crippen LogP contribution in [0.3, 0.4) is 0 Å². The van der Waals surface area contributed by atoms with Crippen LogP contribution in [0.15, 0.2) is 0 Å². The maximum absolute atomic E-state index is 9.36. The number of nitrogens with one attached hydrogen (secondary N) is 1. The summed E-state index contributed by atoms with van der Waals surface area (Å²) in [4.78, 5) is 0. The summed E-state index contributed by atoms with van der Waals surface area (Å²) in [6.07, 6.45) is 1.66. The molecule has 0 aliphatic carbocycles. The van der Waals surface area contributed by atoms with Crippen molar-refractivity contribution in [3.63, 3.8) is 0 Å². The number of hydrogen-bond acceptors (Lipinski definition) is 3. The maximum atomic E-state index is 9.36. The molecule has 0 unspecified atom stereocenters. The lowest BCUT2D eigenvalue weighted by molar-refractivity contribution is -0.219. The molecular weight excluding hydrogens is 142 g/mol. The highest BCUT2D eigenvalue weighted by Crippen LogP contribution is 2.13. The predicted octanol–water partition coefficient (Wildman–Crippen LogP) is 0.670. The zero-order valence-electron chi connectivity index (χ0n) is 7.59. The lowest BCUT2D eigenvalue weighted by Gasteiger charge is -2.28. The van der Waals surface area contributed by atoms with Crippen molar-refractivity contribution >= 4 is 0 Å². The van der Waals surface area contributed by atoms with E-state index in [1.165, 1.54) is 0 Å². The molecule has 0 heterocycles. The Kier molecular flexibility index (Phi) is 4.65. The predicted molar refractivity (Wildman–Crippen MR) is 44.9 cm³/mol. The Morgan fingerprint density at radius 3 is 2.27 bits per heavy atom. The fraction of sp³-hybridized carbons (Fsp3) is 1.00. The van der Waals surface area contributed by atoms with E-state index in [-0.39, 0.29) is 5.92 Å². The molecule has 0 saturated carbocycles. The molecule has 0 aliphatic rings. The molecule has 0 aliphatic heterocycles. The van der Waals surface area contributed by atoms with Crippen molar-refractivity contribution in [1.29, 1.82) is 0 Å². The number of aliphatic hydroxyl groups is 2. The van der Waals surface area contributed by atoms with Crippen LogP contribution in [0.4, 0.5) is 0 Å². The van der Waals surface area contributed by atoms with Gasteiger partial charge in [-0.25, -0.2) is 0 Å². The van der Waals surface area contributed by atoms with E-state index < -0.39 is 5.91 Å². The van der Waals surface area contributed by atoms with Crippen molar-refractivity contribution in [3.8, 4) is 0 Å². The first kappa shape index (κ1) is 10.9. The molecule has 0 radical (unpaired) electrons. The second kappa shape index (κ2) is 4.70. The zero-order valence-corrected chi connectivity index (χ0v) is 7.59. The molecule has 0 bridgehead atoms. The molecule has 3 N–H and O–H groups in total. The van der Waals surface area contributed by atoms with Crippen LogP contribution in [0.5, 0.6) is 0 Å². The Labute approximate surface area is 68.4 Å². The molecule has 68 valence electrons. The second-order valence-electron chi connectivity index (χ2n) is 2.96. The summed E-state index contributed by atoms with van der Waals surface area (Å²) < 4.78 is 0. The topological polar surface area (TPSA) is 52.5 Å². The van der Waals surface area contributed by atoms with E-state index in [9.17, 15) is 10.2 Å². The third kappa shape index (κ3) is 3.70. The molecule has 0 saturated heterocycles. The van der Waals surface area contributed by atoms with Gasteiger partial charge < -0.3 is 10.2 Å². The SMILES string of the molecule is CCCNC(O)(O)[C@H](C)CC. The average Bonchev–Trinajstić information content (AvgIpc) is 1.99. The zero-order chi connectivity index (χ0) is 8.91. The van der Waals surface area contributed by atoms with Gasteiger partial charge in [-0.3, -0.25) is 5.32 Å². The van der Waals surface area contributed by atoms with Gasteiger partial charge in [0.25, 0.3) is 0 Å². The molecule has 3 nitrogen and oxygen atoms in total. The van der Waals surface area contributed by atoms with E-state index >= 15 is 0 Å². The molecule has 0 aromatic carbocycles. The summed E-state index contributed by atoms with van der Waals surface area (Å²) in [5, 5.41) is 21.4. The first-order valence-corrected chi connectivity index (χ1v) is 4.24. The Bertz CT molecular complexity index is 104. The van der Waals surface area contributed by atoms with Gasteiger partial charge in [-0.1, -0.05) is 20.8 Å². The van der Waals surface area contributed by atoms with Crippen LogP contribution in [0, 0.1) is 5.92 Å². The fourth-order valence-electron chi connectivity index (χ4n) is 0.768. The van der Waals surface area contributed by atoms with Gasteiger partial charge in [0.2, 0.25) is 5.91 Å². The van der Waals surface area contributed by atoms with Crippen molar-refractivity contribution in [2.75, 3.05) is 6.54 Å². The molecule has 0 fully saturated rings. The minimum absolute atomic E-state index is 0.131. The molecule has 0 amide bonds. The van der Waals surface area contributed by atoms with Crippen LogP contribution in [0.1, 0.15) is 33.6 Å². The Morgan fingerprint density at radius 2 is 1.91 bits per heavy atom. The van der Waals surface area contributed by atoms with E-state index in [2.05, 4.69) is 5.32 Å². The smallest absolute Gasteiger partial charge is 0.225 e. The molecule has 3 heteroatoms. The van der Waals surface area contributed by atoms with Gasteiger partial charge in [-0.15, -0.1) is 0 Å². The molecule has 1 atom stereocenters. The summed E-state index contributed by atoms with van der Waals surface area (Å²) >= 11 is 0. The standard InChI is InChI=1S/C8H19NO2/c1-4-6-9-8(10,11)7(3)5-2/h7,9-11H,4-6H2,1-3H3/t7-/m1/s1. The van der Waals surface area contributed by atoms with Gasteiger partial charge in [-0.2, -0.15) is 0 Å². The molecule has 0 rings (SSSR count). The van der Waals surface area contributed by atoms with Gasteiger partial charge in [0.05, 0.1) is 0 Å². The number of rotatable bonds is 5. The van der Waals surface area contributed by atoms with Gasteiger partial charge >= 0.3 is 0 Å². The number of hydrogen-bond donors (Lipinski definition) is 3. The van der Waals surface area contributed by atoms with Gasteiger partial charge in [-0.05, 0) is 19.4 Å². The summed E-state index contributed by atoms with van der Waals surface area (Å²) in [6.45, 7) is 6.36. The Morgan fingerprint density at radius 1 is 1.36 bits per heavy atom. The van der Waals surface area contributed by atoms with Crippen LogP contribution < -0.4 is 5.32 Å². The van der Waals surface area contributed by atoms with Crippen LogP contribution in [0.2, 0.25) is 0 Å². The summed E-state index contributed by atoms with van der Waals surface area (Å²) in [7, 11) is 0. The highest BCUT2D eigenvalue weighted by molar-refractivity contribution is 4.67. The van der Waals surface area contributed by atoms with Crippen LogP contribution in [-0.4, -0.2) is 22.7 Å². The molecule has 0 spiro atoms.